The number of benzene rings is 2. The summed E-state index contributed by atoms with van der Waals surface area (Å²) in [5.74, 6) is 0.575. The van der Waals surface area contributed by atoms with Crippen LogP contribution in [-0.2, 0) is 16.1 Å². The molecule has 0 bridgehead atoms. The SMILES string of the molecule is CC[C@H](C(=O)NC1CCCC1)N(Cc1ccc(Cl)c(Cl)c1)C(=O)COc1ccccc1C(C)C. The van der Waals surface area contributed by atoms with Crippen LogP contribution in [0.4, 0.5) is 0 Å². The largest absolute Gasteiger partial charge is 0.483 e. The summed E-state index contributed by atoms with van der Waals surface area (Å²) in [6.07, 6.45) is 4.71. The first-order valence-electron chi connectivity index (χ1n) is 12.1. The normalized spacial score (nSPS) is 14.8. The number of ether oxygens (including phenoxy) is 1. The molecule has 7 heteroatoms. The molecule has 1 aliphatic rings. The third-order valence-electron chi connectivity index (χ3n) is 6.32. The second-order valence-corrected chi connectivity index (χ2v) is 9.98. The number of hydrogen-bond acceptors (Lipinski definition) is 3. The van der Waals surface area contributed by atoms with E-state index in [2.05, 4.69) is 19.2 Å². The van der Waals surface area contributed by atoms with Crippen LogP contribution < -0.4 is 10.1 Å². The van der Waals surface area contributed by atoms with Gasteiger partial charge in [-0.2, -0.15) is 0 Å². The van der Waals surface area contributed by atoms with E-state index in [1.54, 1.807) is 17.0 Å². The zero-order valence-corrected chi connectivity index (χ0v) is 21.7. The van der Waals surface area contributed by atoms with Gasteiger partial charge < -0.3 is 15.0 Å². The fraction of sp³-hybridized carbons (Fsp3) is 0.481. The number of hydrogen-bond donors (Lipinski definition) is 1. The lowest BCUT2D eigenvalue weighted by Crippen LogP contribution is -2.52. The fourth-order valence-electron chi connectivity index (χ4n) is 4.43. The Bertz CT molecular complexity index is 990. The van der Waals surface area contributed by atoms with E-state index in [4.69, 9.17) is 27.9 Å². The van der Waals surface area contributed by atoms with Crippen molar-refractivity contribution in [3.05, 3.63) is 63.6 Å². The van der Waals surface area contributed by atoms with Crippen molar-refractivity contribution in [2.45, 2.75) is 77.4 Å². The van der Waals surface area contributed by atoms with Crippen LogP contribution in [0.2, 0.25) is 10.0 Å². The number of carbonyl (C=O) groups is 2. The average Bonchev–Trinajstić information content (AvgIpc) is 3.32. The lowest BCUT2D eigenvalue weighted by molar-refractivity contribution is -0.143. The standard InChI is InChI=1S/C27H34Cl2N2O3/c1-4-24(27(33)30-20-9-5-6-10-20)31(16-19-13-14-22(28)23(29)15-19)26(32)17-34-25-12-8-7-11-21(25)18(2)3/h7-8,11-15,18,20,24H,4-6,9-10,16-17H2,1-3H3,(H,30,33)/t24-/m1/s1. The highest BCUT2D eigenvalue weighted by molar-refractivity contribution is 6.42. The molecule has 3 rings (SSSR count). The van der Waals surface area contributed by atoms with E-state index < -0.39 is 6.04 Å². The maximum absolute atomic E-state index is 13.5. The number of amides is 2. The highest BCUT2D eigenvalue weighted by Crippen LogP contribution is 2.27. The lowest BCUT2D eigenvalue weighted by atomic mass is 10.0. The van der Waals surface area contributed by atoms with Crippen LogP contribution in [0, 0.1) is 0 Å². The molecule has 0 radical (unpaired) electrons. The minimum absolute atomic E-state index is 0.120. The number of nitrogens with one attached hydrogen (secondary N) is 1. The zero-order valence-electron chi connectivity index (χ0n) is 20.2. The van der Waals surface area contributed by atoms with E-state index in [9.17, 15) is 9.59 Å². The monoisotopic (exact) mass is 504 g/mol. The van der Waals surface area contributed by atoms with Crippen molar-refractivity contribution >= 4 is 35.0 Å². The molecule has 5 nitrogen and oxygen atoms in total. The predicted octanol–water partition coefficient (Wildman–Crippen LogP) is 6.36. The lowest BCUT2D eigenvalue weighted by Gasteiger charge is -2.31. The van der Waals surface area contributed by atoms with Gasteiger partial charge in [0.05, 0.1) is 10.0 Å². The maximum atomic E-state index is 13.5. The number of carbonyl (C=O) groups excluding carboxylic acids is 2. The topological polar surface area (TPSA) is 58.6 Å². The summed E-state index contributed by atoms with van der Waals surface area (Å²) in [5.41, 5.74) is 1.84. The molecular weight excluding hydrogens is 471 g/mol. The molecule has 1 saturated carbocycles. The van der Waals surface area contributed by atoms with Gasteiger partial charge in [-0.3, -0.25) is 9.59 Å². The molecule has 0 unspecified atom stereocenters. The van der Waals surface area contributed by atoms with Gasteiger partial charge in [-0.05, 0) is 54.5 Å². The second kappa shape index (κ2) is 12.5. The predicted molar refractivity (Wildman–Crippen MR) is 138 cm³/mol. The summed E-state index contributed by atoms with van der Waals surface area (Å²) in [5, 5.41) is 4.01. The minimum atomic E-state index is -0.605. The molecule has 1 atom stereocenters. The molecule has 1 fully saturated rings. The summed E-state index contributed by atoms with van der Waals surface area (Å²) in [6.45, 7) is 6.17. The maximum Gasteiger partial charge on any atom is 0.261 e. The Morgan fingerprint density at radius 1 is 1.09 bits per heavy atom. The van der Waals surface area contributed by atoms with E-state index in [0.717, 1.165) is 36.8 Å². The summed E-state index contributed by atoms with van der Waals surface area (Å²) >= 11 is 12.3. The molecule has 184 valence electrons. The van der Waals surface area contributed by atoms with E-state index in [1.165, 1.54) is 0 Å². The van der Waals surface area contributed by atoms with Crippen LogP contribution in [0.15, 0.2) is 42.5 Å². The zero-order chi connectivity index (χ0) is 24.7. The molecule has 34 heavy (non-hydrogen) atoms. The first-order valence-corrected chi connectivity index (χ1v) is 12.8. The van der Waals surface area contributed by atoms with Crippen LogP contribution in [0.3, 0.4) is 0 Å². The Morgan fingerprint density at radius 2 is 1.79 bits per heavy atom. The molecule has 2 amide bonds. The summed E-state index contributed by atoms with van der Waals surface area (Å²) in [4.78, 5) is 28.3. The van der Waals surface area contributed by atoms with Crippen molar-refractivity contribution in [2.75, 3.05) is 6.61 Å². The van der Waals surface area contributed by atoms with E-state index in [1.807, 2.05) is 37.3 Å². The van der Waals surface area contributed by atoms with Crippen LogP contribution in [0.1, 0.15) is 69.9 Å². The van der Waals surface area contributed by atoms with Gasteiger partial charge in [0, 0.05) is 12.6 Å². The third-order valence-corrected chi connectivity index (χ3v) is 7.06. The molecule has 0 spiro atoms. The van der Waals surface area contributed by atoms with Crippen LogP contribution >= 0.6 is 23.2 Å². The van der Waals surface area contributed by atoms with E-state index >= 15 is 0 Å². The van der Waals surface area contributed by atoms with Gasteiger partial charge in [-0.25, -0.2) is 0 Å². The Labute approximate surface area is 212 Å². The average molecular weight is 505 g/mol. The van der Waals surface area contributed by atoms with Crippen molar-refractivity contribution in [1.29, 1.82) is 0 Å². The third kappa shape index (κ3) is 6.89. The Kier molecular flexibility index (Phi) is 9.66. The molecule has 0 aliphatic heterocycles. The number of para-hydroxylation sites is 1. The highest BCUT2D eigenvalue weighted by Gasteiger charge is 2.31. The highest BCUT2D eigenvalue weighted by atomic mass is 35.5. The molecule has 0 heterocycles. The quantitative estimate of drug-likeness (QED) is 0.409. The first-order chi connectivity index (χ1) is 16.3. The van der Waals surface area contributed by atoms with Gasteiger partial charge >= 0.3 is 0 Å². The van der Waals surface area contributed by atoms with Crippen LogP contribution in [0.5, 0.6) is 5.75 Å². The molecule has 2 aromatic carbocycles. The van der Waals surface area contributed by atoms with Gasteiger partial charge in [-0.1, -0.05) is 81.1 Å². The van der Waals surface area contributed by atoms with E-state index in [0.29, 0.717) is 22.2 Å². The minimum Gasteiger partial charge on any atom is -0.483 e. The summed E-state index contributed by atoms with van der Waals surface area (Å²) in [7, 11) is 0. The molecule has 1 N–H and O–H groups in total. The van der Waals surface area contributed by atoms with Crippen molar-refractivity contribution < 1.29 is 14.3 Å². The Morgan fingerprint density at radius 3 is 2.44 bits per heavy atom. The van der Waals surface area contributed by atoms with Crippen molar-refractivity contribution in [3.63, 3.8) is 0 Å². The smallest absolute Gasteiger partial charge is 0.261 e. The second-order valence-electron chi connectivity index (χ2n) is 9.17. The van der Waals surface area contributed by atoms with Gasteiger partial charge in [-0.15, -0.1) is 0 Å². The number of halogens is 2. The molecule has 1 aliphatic carbocycles. The van der Waals surface area contributed by atoms with Gasteiger partial charge in [0.1, 0.15) is 11.8 Å². The van der Waals surface area contributed by atoms with Crippen molar-refractivity contribution in [1.82, 2.24) is 10.2 Å². The van der Waals surface area contributed by atoms with Gasteiger partial charge in [0.15, 0.2) is 6.61 Å². The van der Waals surface area contributed by atoms with Crippen LogP contribution in [-0.4, -0.2) is 35.4 Å². The number of rotatable bonds is 10. The Balaban J connectivity index is 1.81. The molecule has 0 aromatic heterocycles. The molecule has 2 aromatic rings. The number of nitrogens with zero attached hydrogens (tertiary/aromatic N) is 1. The van der Waals surface area contributed by atoms with Crippen molar-refractivity contribution in [2.24, 2.45) is 0 Å². The first kappa shape index (κ1) is 26.4. The summed E-state index contributed by atoms with van der Waals surface area (Å²) < 4.78 is 5.96. The van der Waals surface area contributed by atoms with Gasteiger partial charge in [0.2, 0.25) is 5.91 Å². The molecular formula is C27H34Cl2N2O3. The van der Waals surface area contributed by atoms with Crippen LogP contribution in [0.25, 0.3) is 0 Å². The molecule has 0 saturated heterocycles. The van der Waals surface area contributed by atoms with E-state index in [-0.39, 0.29) is 36.9 Å². The van der Waals surface area contributed by atoms with Crippen molar-refractivity contribution in [3.8, 4) is 5.75 Å². The summed E-state index contributed by atoms with van der Waals surface area (Å²) in [6, 6.07) is 12.6. The van der Waals surface area contributed by atoms with Gasteiger partial charge in [0.25, 0.3) is 5.91 Å². The fourth-order valence-corrected chi connectivity index (χ4v) is 4.75. The Hall–Kier alpha value is -2.24.